The van der Waals surface area contributed by atoms with Gasteiger partial charge in [0.1, 0.15) is 5.82 Å². The maximum Gasteiger partial charge on any atom is 0.238 e. The Kier molecular flexibility index (Phi) is 4.87. The number of rotatable bonds is 5. The van der Waals surface area contributed by atoms with Crippen molar-refractivity contribution in [3.63, 3.8) is 0 Å². The molecule has 4 nitrogen and oxygen atoms in total. The van der Waals surface area contributed by atoms with Crippen LogP contribution in [-0.2, 0) is 9.53 Å². The van der Waals surface area contributed by atoms with Gasteiger partial charge < -0.3 is 15.4 Å². The smallest absolute Gasteiger partial charge is 0.238 e. The largest absolute Gasteiger partial charge is 0.378 e. The molecule has 1 heterocycles. The molecule has 0 spiro atoms. The zero-order valence-corrected chi connectivity index (χ0v) is 11.0. The van der Waals surface area contributed by atoms with Crippen LogP contribution in [0.4, 0.5) is 10.1 Å². The second-order valence-electron chi connectivity index (χ2n) is 4.81. The number of hydrogen-bond donors (Lipinski definition) is 2. The van der Waals surface area contributed by atoms with Crippen LogP contribution in [0.15, 0.2) is 24.3 Å². The van der Waals surface area contributed by atoms with E-state index in [1.165, 1.54) is 12.1 Å². The number of ether oxygens (including phenoxy) is 1. The Labute approximate surface area is 112 Å². The van der Waals surface area contributed by atoms with Crippen LogP contribution in [0.2, 0.25) is 0 Å². The lowest BCUT2D eigenvalue weighted by atomic mass is 10.0. The summed E-state index contributed by atoms with van der Waals surface area (Å²) in [7, 11) is 0. The molecular weight excluding hydrogens is 247 g/mol. The van der Waals surface area contributed by atoms with Crippen LogP contribution in [0.1, 0.15) is 13.3 Å². The summed E-state index contributed by atoms with van der Waals surface area (Å²) in [5, 5.41) is 5.75. The van der Waals surface area contributed by atoms with E-state index in [1.54, 1.807) is 12.1 Å². The van der Waals surface area contributed by atoms with Crippen molar-refractivity contribution in [1.29, 1.82) is 0 Å². The van der Waals surface area contributed by atoms with Crippen molar-refractivity contribution >= 4 is 11.6 Å². The van der Waals surface area contributed by atoms with Gasteiger partial charge in [-0.15, -0.1) is 0 Å². The number of carbonyl (C=O) groups is 1. The van der Waals surface area contributed by atoms with E-state index < -0.39 is 0 Å². The molecular formula is C14H19FN2O2. The van der Waals surface area contributed by atoms with Crippen LogP contribution in [0.5, 0.6) is 0 Å². The average molecular weight is 266 g/mol. The zero-order valence-electron chi connectivity index (χ0n) is 11.0. The van der Waals surface area contributed by atoms with Crippen LogP contribution in [-0.4, -0.2) is 31.7 Å². The van der Waals surface area contributed by atoms with Crippen molar-refractivity contribution in [2.45, 2.75) is 19.4 Å². The molecule has 2 atom stereocenters. The molecule has 0 bridgehead atoms. The number of amides is 1. The third-order valence-corrected chi connectivity index (χ3v) is 3.33. The van der Waals surface area contributed by atoms with Crippen molar-refractivity contribution in [1.82, 2.24) is 5.32 Å². The van der Waals surface area contributed by atoms with Gasteiger partial charge in [-0.1, -0.05) is 6.07 Å². The molecule has 1 aliphatic heterocycles. The van der Waals surface area contributed by atoms with Gasteiger partial charge in [0, 0.05) is 18.8 Å². The number of halogens is 1. The average Bonchev–Trinajstić information content (AvgIpc) is 2.75. The number of hydrogen-bond acceptors (Lipinski definition) is 3. The molecule has 2 rings (SSSR count). The van der Waals surface area contributed by atoms with Crippen molar-refractivity contribution < 1.29 is 13.9 Å². The molecule has 2 unspecified atom stereocenters. The van der Waals surface area contributed by atoms with E-state index in [9.17, 15) is 9.18 Å². The third kappa shape index (κ3) is 4.29. The molecule has 0 aromatic heterocycles. The fraction of sp³-hybridized carbons (Fsp3) is 0.500. The van der Waals surface area contributed by atoms with E-state index in [2.05, 4.69) is 10.6 Å². The highest BCUT2D eigenvalue weighted by Gasteiger charge is 2.23. The summed E-state index contributed by atoms with van der Waals surface area (Å²) in [6, 6.07) is 5.87. The minimum atomic E-state index is -0.359. The zero-order chi connectivity index (χ0) is 13.7. The summed E-state index contributed by atoms with van der Waals surface area (Å²) in [4.78, 5) is 11.7. The van der Waals surface area contributed by atoms with Crippen molar-refractivity contribution in [2.75, 3.05) is 25.0 Å². The maximum absolute atomic E-state index is 12.9. The van der Waals surface area contributed by atoms with Crippen LogP contribution in [0.25, 0.3) is 0 Å². The first kappa shape index (κ1) is 14.0. The first-order valence-corrected chi connectivity index (χ1v) is 6.53. The van der Waals surface area contributed by atoms with E-state index in [0.717, 1.165) is 19.6 Å². The number of anilines is 1. The Morgan fingerprint density at radius 3 is 3.05 bits per heavy atom. The highest BCUT2D eigenvalue weighted by atomic mass is 19.1. The molecule has 104 valence electrons. The molecule has 1 aromatic carbocycles. The second-order valence-corrected chi connectivity index (χ2v) is 4.81. The van der Waals surface area contributed by atoms with Gasteiger partial charge in [0.2, 0.25) is 5.91 Å². The SMILES string of the molecule is CC1OCCC1CNCC(=O)Nc1cccc(F)c1. The van der Waals surface area contributed by atoms with E-state index in [4.69, 9.17) is 4.74 Å². The molecule has 19 heavy (non-hydrogen) atoms. The second kappa shape index (κ2) is 6.63. The van der Waals surface area contributed by atoms with Gasteiger partial charge in [-0.05, 0) is 37.5 Å². The first-order chi connectivity index (χ1) is 9.15. The normalized spacial score (nSPS) is 22.4. The molecule has 1 amide bonds. The summed E-state index contributed by atoms with van der Waals surface area (Å²) in [6.07, 6.45) is 1.28. The highest BCUT2D eigenvalue weighted by molar-refractivity contribution is 5.92. The number of nitrogens with one attached hydrogen (secondary N) is 2. The van der Waals surface area contributed by atoms with Gasteiger partial charge in [0.15, 0.2) is 0 Å². The van der Waals surface area contributed by atoms with Gasteiger partial charge in [0.05, 0.1) is 12.6 Å². The minimum absolute atomic E-state index is 0.169. The molecule has 0 saturated carbocycles. The molecule has 1 saturated heterocycles. The lowest BCUT2D eigenvalue weighted by molar-refractivity contribution is -0.115. The number of carbonyl (C=O) groups excluding carboxylic acids is 1. The quantitative estimate of drug-likeness (QED) is 0.854. The monoisotopic (exact) mass is 266 g/mol. The molecule has 5 heteroatoms. The van der Waals surface area contributed by atoms with E-state index in [0.29, 0.717) is 11.6 Å². The van der Waals surface area contributed by atoms with Gasteiger partial charge >= 0.3 is 0 Å². The Morgan fingerprint density at radius 2 is 2.37 bits per heavy atom. The fourth-order valence-corrected chi connectivity index (χ4v) is 2.19. The molecule has 0 aliphatic carbocycles. The molecule has 1 fully saturated rings. The predicted octanol–water partition coefficient (Wildman–Crippen LogP) is 1.78. The van der Waals surface area contributed by atoms with Gasteiger partial charge in [-0.3, -0.25) is 4.79 Å². The fourth-order valence-electron chi connectivity index (χ4n) is 2.19. The summed E-state index contributed by atoms with van der Waals surface area (Å²) in [5.74, 6) is -0.0678. The Balaban J connectivity index is 1.70. The van der Waals surface area contributed by atoms with Crippen LogP contribution in [0.3, 0.4) is 0 Å². The molecule has 1 aromatic rings. The van der Waals surface area contributed by atoms with Crippen molar-refractivity contribution in [3.8, 4) is 0 Å². The molecule has 0 radical (unpaired) electrons. The lowest BCUT2D eigenvalue weighted by Gasteiger charge is -2.14. The maximum atomic E-state index is 12.9. The molecule has 2 N–H and O–H groups in total. The summed E-state index contributed by atoms with van der Waals surface area (Å²) < 4.78 is 18.4. The summed E-state index contributed by atoms with van der Waals surface area (Å²) in [6.45, 7) is 3.83. The Morgan fingerprint density at radius 1 is 1.53 bits per heavy atom. The minimum Gasteiger partial charge on any atom is -0.378 e. The van der Waals surface area contributed by atoms with Crippen molar-refractivity contribution in [2.24, 2.45) is 5.92 Å². The van der Waals surface area contributed by atoms with E-state index in [1.807, 2.05) is 6.92 Å². The first-order valence-electron chi connectivity index (χ1n) is 6.53. The topological polar surface area (TPSA) is 50.4 Å². The van der Waals surface area contributed by atoms with Crippen LogP contribution >= 0.6 is 0 Å². The van der Waals surface area contributed by atoms with Gasteiger partial charge in [-0.25, -0.2) is 4.39 Å². The van der Waals surface area contributed by atoms with Crippen LogP contribution in [0, 0.1) is 11.7 Å². The van der Waals surface area contributed by atoms with Crippen LogP contribution < -0.4 is 10.6 Å². The summed E-state index contributed by atoms with van der Waals surface area (Å²) >= 11 is 0. The third-order valence-electron chi connectivity index (χ3n) is 3.33. The predicted molar refractivity (Wildman–Crippen MR) is 71.4 cm³/mol. The summed E-state index contributed by atoms with van der Waals surface area (Å²) in [5.41, 5.74) is 0.476. The van der Waals surface area contributed by atoms with E-state index >= 15 is 0 Å². The van der Waals surface area contributed by atoms with Gasteiger partial charge in [0.25, 0.3) is 0 Å². The Hall–Kier alpha value is -1.46. The van der Waals surface area contributed by atoms with E-state index in [-0.39, 0.29) is 24.4 Å². The standard InChI is InChI=1S/C14H19FN2O2/c1-10-11(5-6-19-10)8-16-9-14(18)17-13-4-2-3-12(15)7-13/h2-4,7,10-11,16H,5-6,8-9H2,1H3,(H,17,18). The van der Waals surface area contributed by atoms with Gasteiger partial charge in [-0.2, -0.15) is 0 Å². The molecule has 1 aliphatic rings. The highest BCUT2D eigenvalue weighted by Crippen LogP contribution is 2.19. The number of benzene rings is 1. The Bertz CT molecular complexity index is 439. The van der Waals surface area contributed by atoms with Crippen molar-refractivity contribution in [3.05, 3.63) is 30.1 Å². The lowest BCUT2D eigenvalue weighted by Crippen LogP contribution is -2.33.